The minimum absolute atomic E-state index is 0.326. The van der Waals surface area contributed by atoms with Crippen molar-refractivity contribution >= 4 is 27.5 Å². The molecule has 0 aliphatic heterocycles. The molecule has 0 aliphatic rings. The van der Waals surface area contributed by atoms with Gasteiger partial charge in [0.15, 0.2) is 5.82 Å². The molecule has 0 spiro atoms. The maximum Gasteiger partial charge on any atom is 0.161 e. The summed E-state index contributed by atoms with van der Waals surface area (Å²) in [7, 11) is 1.57. The van der Waals surface area contributed by atoms with E-state index in [0.29, 0.717) is 33.3 Å². The molecule has 0 saturated carbocycles. The van der Waals surface area contributed by atoms with Crippen molar-refractivity contribution in [2.45, 2.75) is 6.61 Å². The lowest BCUT2D eigenvalue weighted by Crippen LogP contribution is -1.98. The molecular formula is C12H9BrClFN2O. The second-order valence-corrected chi connectivity index (χ2v) is 4.81. The Balaban J connectivity index is 2.46. The van der Waals surface area contributed by atoms with E-state index < -0.39 is 0 Å². The largest absolute Gasteiger partial charge is 0.378 e. The molecule has 2 aromatic rings. The molecule has 0 atom stereocenters. The molecule has 18 heavy (non-hydrogen) atoms. The van der Waals surface area contributed by atoms with Gasteiger partial charge in [0.2, 0.25) is 0 Å². The maximum absolute atomic E-state index is 13.2. The average Bonchev–Trinajstić information content (AvgIpc) is 2.32. The molecule has 6 heteroatoms. The highest BCUT2D eigenvalue weighted by molar-refractivity contribution is 9.10. The van der Waals surface area contributed by atoms with Crippen LogP contribution in [0.15, 0.2) is 28.7 Å². The van der Waals surface area contributed by atoms with Crippen LogP contribution in [0, 0.1) is 5.82 Å². The van der Waals surface area contributed by atoms with E-state index in [0.717, 1.165) is 0 Å². The zero-order valence-electron chi connectivity index (χ0n) is 9.45. The summed E-state index contributed by atoms with van der Waals surface area (Å²) in [4.78, 5) is 8.41. The second kappa shape index (κ2) is 5.73. The number of ether oxygens (including phenoxy) is 1. The molecule has 1 aromatic carbocycles. The van der Waals surface area contributed by atoms with Gasteiger partial charge in [-0.3, -0.25) is 0 Å². The van der Waals surface area contributed by atoms with Crippen molar-refractivity contribution in [1.29, 1.82) is 0 Å². The van der Waals surface area contributed by atoms with Crippen LogP contribution in [0.25, 0.3) is 11.4 Å². The van der Waals surface area contributed by atoms with Crippen LogP contribution in [0.4, 0.5) is 4.39 Å². The molecule has 3 nitrogen and oxygen atoms in total. The van der Waals surface area contributed by atoms with Gasteiger partial charge < -0.3 is 4.74 Å². The molecule has 0 saturated heterocycles. The van der Waals surface area contributed by atoms with E-state index in [1.54, 1.807) is 25.3 Å². The summed E-state index contributed by atoms with van der Waals surface area (Å²) in [6, 6.07) is 6.19. The summed E-state index contributed by atoms with van der Waals surface area (Å²) < 4.78 is 18.5. The minimum atomic E-state index is -0.335. The Hall–Kier alpha value is -1.04. The fraction of sp³-hybridized carbons (Fsp3) is 0.167. The van der Waals surface area contributed by atoms with Crippen LogP contribution in [-0.2, 0) is 11.3 Å². The van der Waals surface area contributed by atoms with Crippen LogP contribution in [0.1, 0.15) is 5.69 Å². The van der Waals surface area contributed by atoms with Crippen molar-refractivity contribution in [2.75, 3.05) is 7.11 Å². The molecule has 0 bridgehead atoms. The molecule has 0 N–H and O–H groups in total. The predicted octanol–water partition coefficient (Wildman–Crippen LogP) is 3.85. The third-order valence-electron chi connectivity index (χ3n) is 2.22. The lowest BCUT2D eigenvalue weighted by Gasteiger charge is -2.05. The molecule has 0 amide bonds. The Bertz CT molecular complexity index is 580. The van der Waals surface area contributed by atoms with Gasteiger partial charge in [-0.05, 0) is 40.2 Å². The second-order valence-electron chi connectivity index (χ2n) is 3.57. The van der Waals surface area contributed by atoms with Crippen molar-refractivity contribution in [3.63, 3.8) is 0 Å². The fourth-order valence-electron chi connectivity index (χ4n) is 1.45. The summed E-state index contributed by atoms with van der Waals surface area (Å²) in [5, 5.41) is 0.326. The smallest absolute Gasteiger partial charge is 0.161 e. The number of nitrogens with zero attached hydrogens (tertiary/aromatic N) is 2. The van der Waals surface area contributed by atoms with Gasteiger partial charge in [0.1, 0.15) is 11.0 Å². The van der Waals surface area contributed by atoms with Gasteiger partial charge in [-0.2, -0.15) is 0 Å². The lowest BCUT2D eigenvalue weighted by molar-refractivity contribution is 0.181. The van der Waals surface area contributed by atoms with Gasteiger partial charge in [-0.25, -0.2) is 14.4 Å². The first-order chi connectivity index (χ1) is 8.60. The lowest BCUT2D eigenvalue weighted by atomic mass is 10.2. The van der Waals surface area contributed by atoms with E-state index >= 15 is 0 Å². The third kappa shape index (κ3) is 3.04. The molecule has 0 fully saturated rings. The number of halogens is 3. The summed E-state index contributed by atoms with van der Waals surface area (Å²) in [6.45, 7) is 0.345. The van der Waals surface area contributed by atoms with E-state index in [9.17, 15) is 4.39 Å². The molecular weight excluding hydrogens is 322 g/mol. The molecule has 2 rings (SSSR count). The number of methoxy groups -OCH3 is 1. The van der Waals surface area contributed by atoms with Crippen molar-refractivity contribution in [3.05, 3.63) is 45.4 Å². The monoisotopic (exact) mass is 330 g/mol. The first-order valence-corrected chi connectivity index (χ1v) is 6.25. The Morgan fingerprint density at radius 2 is 2.11 bits per heavy atom. The van der Waals surface area contributed by atoms with E-state index in [2.05, 4.69) is 25.9 Å². The van der Waals surface area contributed by atoms with E-state index in [1.165, 1.54) is 6.07 Å². The van der Waals surface area contributed by atoms with Gasteiger partial charge >= 0.3 is 0 Å². The standard InChI is InChI=1S/C12H9BrClFN2O/c1-18-6-8-5-11(14)17-12(16-8)7-2-3-10(15)9(13)4-7/h2-5H,6H2,1H3. The topological polar surface area (TPSA) is 35.0 Å². The van der Waals surface area contributed by atoms with Crippen LogP contribution in [0.2, 0.25) is 5.15 Å². The van der Waals surface area contributed by atoms with E-state index in [1.807, 2.05) is 0 Å². The van der Waals surface area contributed by atoms with Crippen molar-refractivity contribution < 1.29 is 9.13 Å². The van der Waals surface area contributed by atoms with Crippen LogP contribution in [0.5, 0.6) is 0 Å². The molecule has 1 aromatic heterocycles. The molecule has 0 aliphatic carbocycles. The highest BCUT2D eigenvalue weighted by Gasteiger charge is 2.08. The van der Waals surface area contributed by atoms with Crippen LogP contribution < -0.4 is 0 Å². The first kappa shape index (κ1) is 13.4. The van der Waals surface area contributed by atoms with Crippen LogP contribution >= 0.6 is 27.5 Å². The molecule has 0 unspecified atom stereocenters. The summed E-state index contributed by atoms with van der Waals surface area (Å²) >= 11 is 9.04. The zero-order valence-corrected chi connectivity index (χ0v) is 11.8. The number of benzene rings is 1. The van der Waals surface area contributed by atoms with Gasteiger partial charge in [0, 0.05) is 12.7 Å². The predicted molar refractivity (Wildman–Crippen MR) is 70.8 cm³/mol. The first-order valence-electron chi connectivity index (χ1n) is 5.08. The highest BCUT2D eigenvalue weighted by atomic mass is 79.9. The van der Waals surface area contributed by atoms with Crippen molar-refractivity contribution in [1.82, 2.24) is 9.97 Å². The summed E-state index contributed by atoms with van der Waals surface area (Å²) in [6.07, 6.45) is 0. The average molecular weight is 332 g/mol. The molecule has 94 valence electrons. The van der Waals surface area contributed by atoms with Crippen molar-refractivity contribution in [3.8, 4) is 11.4 Å². The Kier molecular flexibility index (Phi) is 4.27. The normalized spacial score (nSPS) is 10.7. The zero-order chi connectivity index (χ0) is 13.1. The number of hydrogen-bond donors (Lipinski definition) is 0. The Morgan fingerprint density at radius 1 is 1.33 bits per heavy atom. The molecule has 0 radical (unpaired) electrons. The van der Waals surface area contributed by atoms with Gasteiger partial charge in [-0.1, -0.05) is 11.6 Å². The van der Waals surface area contributed by atoms with Crippen LogP contribution in [-0.4, -0.2) is 17.1 Å². The number of rotatable bonds is 3. The number of hydrogen-bond acceptors (Lipinski definition) is 3. The molecule has 1 heterocycles. The van der Waals surface area contributed by atoms with Gasteiger partial charge in [-0.15, -0.1) is 0 Å². The quantitative estimate of drug-likeness (QED) is 0.801. The summed E-state index contributed by atoms with van der Waals surface area (Å²) in [5.41, 5.74) is 1.36. The van der Waals surface area contributed by atoms with Gasteiger partial charge in [0.05, 0.1) is 16.8 Å². The minimum Gasteiger partial charge on any atom is -0.378 e. The fourth-order valence-corrected chi connectivity index (χ4v) is 2.04. The van der Waals surface area contributed by atoms with Gasteiger partial charge in [0.25, 0.3) is 0 Å². The number of aromatic nitrogens is 2. The van der Waals surface area contributed by atoms with Crippen LogP contribution in [0.3, 0.4) is 0 Å². The SMILES string of the molecule is COCc1cc(Cl)nc(-c2ccc(F)c(Br)c2)n1. The summed E-state index contributed by atoms with van der Waals surface area (Å²) in [5.74, 6) is 0.105. The maximum atomic E-state index is 13.2. The Morgan fingerprint density at radius 3 is 2.78 bits per heavy atom. The van der Waals surface area contributed by atoms with E-state index in [4.69, 9.17) is 16.3 Å². The third-order valence-corrected chi connectivity index (χ3v) is 3.02. The van der Waals surface area contributed by atoms with E-state index in [-0.39, 0.29) is 5.82 Å². The Labute approximate surface area is 117 Å². The highest BCUT2D eigenvalue weighted by Crippen LogP contribution is 2.24. The van der Waals surface area contributed by atoms with Crippen molar-refractivity contribution in [2.24, 2.45) is 0 Å².